The highest BCUT2D eigenvalue weighted by Gasteiger charge is 2.67. The van der Waals surface area contributed by atoms with E-state index in [-0.39, 0.29) is 12.1 Å². The molecule has 27 heavy (non-hydrogen) atoms. The number of alkyl halides is 3. The number of nitrogens with zero attached hydrogens (tertiary/aromatic N) is 1. The zero-order valence-electron chi connectivity index (χ0n) is 14.4. The van der Waals surface area contributed by atoms with Gasteiger partial charge in [0.05, 0.1) is 12.0 Å². The highest BCUT2D eigenvalue weighted by Crippen LogP contribution is 2.56. The molecule has 1 aromatic carbocycles. The summed E-state index contributed by atoms with van der Waals surface area (Å²) >= 11 is 0. The highest BCUT2D eigenvalue weighted by atomic mass is 19.4. The van der Waals surface area contributed by atoms with Crippen molar-refractivity contribution < 1.29 is 22.4 Å². The van der Waals surface area contributed by atoms with Crippen LogP contribution in [0, 0.1) is 23.1 Å². The van der Waals surface area contributed by atoms with E-state index in [1.165, 1.54) is 18.2 Å². The third-order valence-corrected chi connectivity index (χ3v) is 5.44. The number of carbonyl (C=O) groups is 1. The molecule has 0 aromatic heterocycles. The maximum Gasteiger partial charge on any atom is 0.396 e. The summed E-state index contributed by atoms with van der Waals surface area (Å²) in [7, 11) is 0. The van der Waals surface area contributed by atoms with Crippen molar-refractivity contribution in [2.45, 2.75) is 36.9 Å². The molecule has 0 saturated heterocycles. The van der Waals surface area contributed by atoms with Gasteiger partial charge in [-0.1, -0.05) is 19.1 Å². The Kier molecular flexibility index (Phi) is 4.39. The van der Waals surface area contributed by atoms with Gasteiger partial charge < -0.3 is 11.1 Å². The van der Waals surface area contributed by atoms with E-state index in [4.69, 9.17) is 11.0 Å². The number of nitrogens with two attached hydrogens (primary N) is 1. The van der Waals surface area contributed by atoms with Crippen LogP contribution in [0.4, 0.5) is 17.6 Å². The summed E-state index contributed by atoms with van der Waals surface area (Å²) in [5, 5.41) is 11.3. The first kappa shape index (κ1) is 19.1. The van der Waals surface area contributed by atoms with Gasteiger partial charge in [-0.3, -0.25) is 4.79 Å². The minimum Gasteiger partial charge on any atom is -0.328 e. The number of benzene rings is 1. The van der Waals surface area contributed by atoms with E-state index in [2.05, 4.69) is 5.32 Å². The van der Waals surface area contributed by atoms with Gasteiger partial charge in [-0.2, -0.15) is 18.4 Å². The second kappa shape index (κ2) is 6.20. The Bertz CT molecular complexity index is 882. The highest BCUT2D eigenvalue weighted by molar-refractivity contribution is 5.94. The number of carbonyl (C=O) groups excluding carboxylic acids is 1. The van der Waals surface area contributed by atoms with Crippen molar-refractivity contribution in [2.24, 2.45) is 11.7 Å². The van der Waals surface area contributed by atoms with Crippen LogP contribution in [0.15, 0.2) is 47.7 Å². The summed E-state index contributed by atoms with van der Waals surface area (Å²) in [6, 6.07) is 7.16. The van der Waals surface area contributed by atoms with E-state index in [0.717, 1.165) is 6.08 Å². The van der Waals surface area contributed by atoms with Crippen molar-refractivity contribution in [3.63, 3.8) is 0 Å². The van der Waals surface area contributed by atoms with Crippen molar-refractivity contribution >= 4 is 5.91 Å². The average Bonchev–Trinajstić information content (AvgIpc) is 3.19. The topological polar surface area (TPSA) is 78.9 Å². The molecule has 8 heteroatoms. The molecule has 2 aliphatic rings. The Morgan fingerprint density at radius 3 is 2.48 bits per heavy atom. The van der Waals surface area contributed by atoms with E-state index >= 15 is 0 Å². The lowest BCUT2D eigenvalue weighted by atomic mass is 9.89. The summed E-state index contributed by atoms with van der Waals surface area (Å²) in [6.45, 7) is 1.75. The van der Waals surface area contributed by atoms with Gasteiger partial charge in [0, 0.05) is 23.1 Å². The molecule has 1 saturated carbocycles. The van der Waals surface area contributed by atoms with Gasteiger partial charge in [0.1, 0.15) is 11.4 Å². The number of hydrogen-bond donors (Lipinski definition) is 2. The first-order valence-corrected chi connectivity index (χ1v) is 8.25. The monoisotopic (exact) mass is 379 g/mol. The van der Waals surface area contributed by atoms with Crippen molar-refractivity contribution in [3.8, 4) is 6.07 Å². The van der Waals surface area contributed by atoms with E-state index in [1.54, 1.807) is 25.1 Å². The molecule has 0 radical (unpaired) electrons. The van der Waals surface area contributed by atoms with E-state index in [0.29, 0.717) is 5.56 Å². The van der Waals surface area contributed by atoms with Gasteiger partial charge in [0.2, 0.25) is 5.91 Å². The van der Waals surface area contributed by atoms with Crippen LogP contribution in [0.3, 0.4) is 0 Å². The lowest BCUT2D eigenvalue weighted by molar-refractivity contribution is -0.163. The Balaban J connectivity index is 1.77. The Hall–Kier alpha value is -2.66. The molecule has 2 aliphatic carbocycles. The predicted molar refractivity (Wildman–Crippen MR) is 89.4 cm³/mol. The second-order valence-electron chi connectivity index (χ2n) is 7.17. The number of hydrogen-bond acceptors (Lipinski definition) is 3. The number of rotatable bonds is 3. The summed E-state index contributed by atoms with van der Waals surface area (Å²) in [6.07, 6.45) is -2.48. The fourth-order valence-corrected chi connectivity index (χ4v) is 3.48. The second-order valence-corrected chi connectivity index (χ2v) is 7.17. The molecular formula is C19H17F4N3O. The molecule has 0 bridgehead atoms. The zero-order chi connectivity index (χ0) is 20.0. The maximum atomic E-state index is 13.1. The van der Waals surface area contributed by atoms with Crippen LogP contribution in [0.1, 0.15) is 25.3 Å². The number of nitrogens with one attached hydrogen (secondary N) is 1. The lowest BCUT2D eigenvalue weighted by Gasteiger charge is -2.25. The fourth-order valence-electron chi connectivity index (χ4n) is 3.48. The van der Waals surface area contributed by atoms with Crippen LogP contribution in [-0.2, 0) is 10.2 Å². The summed E-state index contributed by atoms with van der Waals surface area (Å²) in [5.41, 5.74) is 4.50. The number of allylic oxidation sites excluding steroid dienone is 4. The normalized spacial score (nSPS) is 30.0. The SMILES string of the molecule is CC1(c2ccc(F)cc2)CC1(N)C(=O)NC1=CC=C(C#N)C(C(F)(F)F)C1. The molecule has 1 amide bonds. The van der Waals surface area contributed by atoms with Crippen LogP contribution >= 0.6 is 0 Å². The number of amides is 1. The Morgan fingerprint density at radius 1 is 1.30 bits per heavy atom. The van der Waals surface area contributed by atoms with Crippen molar-refractivity contribution in [1.82, 2.24) is 5.32 Å². The van der Waals surface area contributed by atoms with Gasteiger partial charge >= 0.3 is 6.18 Å². The quantitative estimate of drug-likeness (QED) is 0.792. The van der Waals surface area contributed by atoms with Gasteiger partial charge in [-0.15, -0.1) is 0 Å². The minimum atomic E-state index is -4.59. The predicted octanol–water partition coefficient (Wildman–Crippen LogP) is 3.22. The smallest absolute Gasteiger partial charge is 0.328 e. The average molecular weight is 379 g/mol. The maximum absolute atomic E-state index is 13.1. The molecule has 1 aromatic rings. The largest absolute Gasteiger partial charge is 0.396 e. The summed E-state index contributed by atoms with van der Waals surface area (Å²) in [5.74, 6) is -2.98. The summed E-state index contributed by atoms with van der Waals surface area (Å²) in [4.78, 5) is 12.6. The zero-order valence-corrected chi connectivity index (χ0v) is 14.4. The molecule has 0 spiro atoms. The van der Waals surface area contributed by atoms with Crippen LogP contribution in [0.2, 0.25) is 0 Å². The molecule has 3 atom stereocenters. The van der Waals surface area contributed by atoms with Gasteiger partial charge in [0.15, 0.2) is 0 Å². The molecule has 0 aliphatic heterocycles. The molecule has 0 heterocycles. The van der Waals surface area contributed by atoms with Crippen LogP contribution in [0.25, 0.3) is 0 Å². The summed E-state index contributed by atoms with van der Waals surface area (Å²) < 4.78 is 52.5. The van der Waals surface area contributed by atoms with Crippen molar-refractivity contribution in [2.75, 3.05) is 0 Å². The van der Waals surface area contributed by atoms with E-state index in [1.807, 2.05) is 0 Å². The third-order valence-electron chi connectivity index (χ3n) is 5.44. The van der Waals surface area contributed by atoms with Crippen LogP contribution in [-0.4, -0.2) is 17.6 Å². The lowest BCUT2D eigenvalue weighted by Crippen LogP contribution is -2.48. The van der Waals surface area contributed by atoms with Crippen LogP contribution in [0.5, 0.6) is 0 Å². The minimum absolute atomic E-state index is 0.0551. The molecule has 142 valence electrons. The van der Waals surface area contributed by atoms with Crippen molar-refractivity contribution in [3.05, 3.63) is 59.1 Å². The van der Waals surface area contributed by atoms with Crippen LogP contribution < -0.4 is 11.1 Å². The first-order valence-electron chi connectivity index (χ1n) is 8.25. The first-order chi connectivity index (χ1) is 12.5. The van der Waals surface area contributed by atoms with Crippen molar-refractivity contribution in [1.29, 1.82) is 5.26 Å². The Labute approximate surface area is 153 Å². The molecule has 3 unspecified atom stereocenters. The Morgan fingerprint density at radius 2 is 1.93 bits per heavy atom. The van der Waals surface area contributed by atoms with Gasteiger partial charge in [-0.05, 0) is 36.3 Å². The third kappa shape index (κ3) is 3.23. The van der Waals surface area contributed by atoms with E-state index in [9.17, 15) is 22.4 Å². The molecule has 4 nitrogen and oxygen atoms in total. The molecule has 1 fully saturated rings. The number of halogens is 4. The molecule has 3 rings (SSSR count). The number of nitriles is 1. The van der Waals surface area contributed by atoms with Gasteiger partial charge in [-0.25, -0.2) is 4.39 Å². The fraction of sp³-hybridized carbons (Fsp3) is 0.368. The van der Waals surface area contributed by atoms with E-state index < -0.39 is 46.8 Å². The molecule has 3 N–H and O–H groups in total. The van der Waals surface area contributed by atoms with Gasteiger partial charge in [0.25, 0.3) is 0 Å². The molecular weight excluding hydrogens is 362 g/mol. The standard InChI is InChI=1S/C19H17F4N3O/c1-17(12-3-5-13(20)6-4-12)10-18(17,25)16(27)26-14-7-2-11(9-24)15(8-14)19(21,22)23/h2-7,15H,8,10,25H2,1H3,(H,26,27).